The molecule has 6 rings (SSSR count). The summed E-state index contributed by atoms with van der Waals surface area (Å²) in [7, 11) is 0. The first kappa shape index (κ1) is 22.5. The Morgan fingerprint density at radius 3 is 1.82 bits per heavy atom. The number of hydrogen-bond acceptors (Lipinski definition) is 1. The minimum absolute atomic E-state index is 0. The van der Waals surface area contributed by atoms with E-state index in [0.29, 0.717) is 0 Å². The lowest BCUT2D eigenvalue weighted by molar-refractivity contribution is 0.824. The van der Waals surface area contributed by atoms with E-state index in [0.717, 1.165) is 6.42 Å². The molecule has 2 aromatic heterocycles. The minimum atomic E-state index is 0. The van der Waals surface area contributed by atoms with Crippen molar-refractivity contribution in [2.24, 2.45) is 0 Å². The predicted molar refractivity (Wildman–Crippen MR) is 140 cm³/mol. The third-order valence-electron chi connectivity index (χ3n) is 5.43. The van der Waals surface area contributed by atoms with Crippen LogP contribution in [0.4, 0.5) is 0 Å². The van der Waals surface area contributed by atoms with Gasteiger partial charge < -0.3 is 15.4 Å². The fourth-order valence-electron chi connectivity index (χ4n) is 3.84. The fraction of sp³-hybridized carbons (Fsp3) is 0.0345. The number of aromatic nitrogens is 2. The van der Waals surface area contributed by atoms with Gasteiger partial charge in [-0.1, -0.05) is 96.7 Å². The summed E-state index contributed by atoms with van der Waals surface area (Å²) in [5.74, 6) is 0. The molecule has 0 unspecified atom stereocenters. The van der Waals surface area contributed by atoms with Gasteiger partial charge in [0.1, 0.15) is 0 Å². The molecule has 4 N–H and O–H groups in total. The topological polar surface area (TPSA) is 63.1 Å². The summed E-state index contributed by atoms with van der Waals surface area (Å²) in [5.41, 5.74) is 5.13. The number of para-hydroxylation sites is 2. The SMILES string of the molecule is O.c1ccc(Cc2c[nH]c3ccccc23)cc1.c1ccc(Sc2c[nH]c3ccccc23)cc1. The molecule has 0 atom stereocenters. The van der Waals surface area contributed by atoms with Crippen LogP contribution in [0, 0.1) is 0 Å². The normalized spacial score (nSPS) is 10.4. The summed E-state index contributed by atoms with van der Waals surface area (Å²) < 4.78 is 0. The Bertz CT molecular complexity index is 1310. The molecule has 0 bridgehead atoms. The Kier molecular flexibility index (Phi) is 7.30. The highest BCUT2D eigenvalue weighted by molar-refractivity contribution is 7.99. The molecule has 164 valence electrons. The molecule has 4 aromatic carbocycles. The molecule has 0 saturated heterocycles. The molecule has 2 heterocycles. The highest BCUT2D eigenvalue weighted by Gasteiger charge is 2.04. The van der Waals surface area contributed by atoms with Crippen LogP contribution in [0.3, 0.4) is 0 Å². The number of fused-ring (bicyclic) bond motifs is 2. The quantitative estimate of drug-likeness (QED) is 0.292. The molecule has 0 aliphatic rings. The number of hydrogen-bond donors (Lipinski definition) is 2. The van der Waals surface area contributed by atoms with Crippen molar-refractivity contribution in [2.45, 2.75) is 16.2 Å². The maximum absolute atomic E-state index is 3.31. The summed E-state index contributed by atoms with van der Waals surface area (Å²) in [5, 5.41) is 2.61. The largest absolute Gasteiger partial charge is 0.412 e. The highest BCUT2D eigenvalue weighted by Crippen LogP contribution is 2.33. The lowest BCUT2D eigenvalue weighted by Crippen LogP contribution is -1.85. The van der Waals surface area contributed by atoms with Crippen molar-refractivity contribution in [3.05, 3.63) is 133 Å². The zero-order valence-corrected chi connectivity index (χ0v) is 19.0. The summed E-state index contributed by atoms with van der Waals surface area (Å²) in [6.45, 7) is 0. The van der Waals surface area contributed by atoms with Crippen LogP contribution in [0.25, 0.3) is 21.8 Å². The number of H-pyrrole nitrogens is 2. The van der Waals surface area contributed by atoms with Gasteiger partial charge in [0.25, 0.3) is 0 Å². The molecule has 4 heteroatoms. The van der Waals surface area contributed by atoms with Gasteiger partial charge >= 0.3 is 0 Å². The molecule has 0 fully saturated rings. The van der Waals surface area contributed by atoms with Gasteiger partial charge in [0.05, 0.1) is 0 Å². The molecule has 6 aromatic rings. The lowest BCUT2D eigenvalue weighted by atomic mass is 10.0. The van der Waals surface area contributed by atoms with Crippen LogP contribution >= 0.6 is 11.8 Å². The van der Waals surface area contributed by atoms with Crippen molar-refractivity contribution < 1.29 is 5.48 Å². The van der Waals surface area contributed by atoms with E-state index in [1.165, 1.54) is 42.7 Å². The zero-order valence-electron chi connectivity index (χ0n) is 18.2. The van der Waals surface area contributed by atoms with Crippen molar-refractivity contribution in [1.29, 1.82) is 0 Å². The molecule has 3 nitrogen and oxygen atoms in total. The van der Waals surface area contributed by atoms with Gasteiger partial charge in [-0.25, -0.2) is 0 Å². The highest BCUT2D eigenvalue weighted by atomic mass is 32.2. The van der Waals surface area contributed by atoms with Crippen LogP contribution in [-0.4, -0.2) is 15.4 Å². The Labute approximate surface area is 197 Å². The maximum Gasteiger partial charge on any atom is 0.0465 e. The van der Waals surface area contributed by atoms with E-state index in [1.54, 1.807) is 11.8 Å². The third-order valence-corrected chi connectivity index (χ3v) is 6.50. The third kappa shape index (κ3) is 5.37. The second-order valence-corrected chi connectivity index (χ2v) is 8.75. The molecule has 33 heavy (non-hydrogen) atoms. The molecule has 0 aliphatic carbocycles. The monoisotopic (exact) mass is 450 g/mol. The first-order valence-electron chi connectivity index (χ1n) is 10.7. The number of aromatic amines is 2. The van der Waals surface area contributed by atoms with E-state index < -0.39 is 0 Å². The lowest BCUT2D eigenvalue weighted by Gasteiger charge is -1.99. The molecular weight excluding hydrogens is 424 g/mol. The molecular formula is C29H26N2OS. The average molecular weight is 451 g/mol. The van der Waals surface area contributed by atoms with Gasteiger partial charge in [0.2, 0.25) is 0 Å². The van der Waals surface area contributed by atoms with Crippen molar-refractivity contribution in [3.8, 4) is 0 Å². The summed E-state index contributed by atoms with van der Waals surface area (Å²) in [4.78, 5) is 9.15. The van der Waals surface area contributed by atoms with E-state index in [4.69, 9.17) is 0 Å². The van der Waals surface area contributed by atoms with Gasteiger partial charge in [-0.3, -0.25) is 0 Å². The van der Waals surface area contributed by atoms with Crippen LogP contribution < -0.4 is 0 Å². The Hall–Kier alpha value is -3.73. The van der Waals surface area contributed by atoms with Crippen molar-refractivity contribution in [3.63, 3.8) is 0 Å². The van der Waals surface area contributed by atoms with Crippen LogP contribution in [-0.2, 0) is 6.42 Å². The number of rotatable bonds is 4. The van der Waals surface area contributed by atoms with E-state index in [1.807, 2.05) is 6.07 Å². The van der Waals surface area contributed by atoms with Crippen LogP contribution in [0.5, 0.6) is 0 Å². The van der Waals surface area contributed by atoms with Gasteiger partial charge in [-0.05, 0) is 41.8 Å². The number of nitrogens with one attached hydrogen (secondary N) is 2. The van der Waals surface area contributed by atoms with Crippen LogP contribution in [0.1, 0.15) is 11.1 Å². The van der Waals surface area contributed by atoms with Crippen molar-refractivity contribution >= 4 is 33.6 Å². The molecule has 0 amide bonds. The second kappa shape index (κ2) is 10.7. The maximum atomic E-state index is 3.31. The van der Waals surface area contributed by atoms with E-state index in [-0.39, 0.29) is 5.48 Å². The smallest absolute Gasteiger partial charge is 0.0465 e. The average Bonchev–Trinajstić information content (AvgIpc) is 3.45. The van der Waals surface area contributed by atoms with Crippen molar-refractivity contribution in [1.82, 2.24) is 9.97 Å². The Morgan fingerprint density at radius 2 is 1.09 bits per heavy atom. The standard InChI is InChI=1S/C15H13N.C14H11NS.H2O/c1-2-6-12(7-3-1)10-13-11-16-15-9-5-4-8-14(13)15;1-2-6-11(7-3-1)16-14-10-15-13-9-5-4-8-12(13)14;/h1-9,11,16H,10H2;1-10,15H;1H2. The van der Waals surface area contributed by atoms with Gasteiger partial charge in [0.15, 0.2) is 0 Å². The first-order chi connectivity index (χ1) is 15.9. The fourth-order valence-corrected chi connectivity index (χ4v) is 4.79. The Balaban J connectivity index is 0.000000152. The van der Waals surface area contributed by atoms with E-state index >= 15 is 0 Å². The second-order valence-electron chi connectivity index (χ2n) is 7.64. The summed E-state index contributed by atoms with van der Waals surface area (Å²) in [6.07, 6.45) is 5.17. The molecule has 0 spiro atoms. The van der Waals surface area contributed by atoms with Gasteiger partial charge in [-0.2, -0.15) is 0 Å². The first-order valence-corrected chi connectivity index (χ1v) is 11.6. The van der Waals surface area contributed by atoms with Crippen molar-refractivity contribution in [2.75, 3.05) is 0 Å². The summed E-state index contributed by atoms with van der Waals surface area (Å²) >= 11 is 1.79. The zero-order chi connectivity index (χ0) is 21.6. The van der Waals surface area contributed by atoms with Gasteiger partial charge in [-0.15, -0.1) is 0 Å². The summed E-state index contributed by atoms with van der Waals surface area (Å²) in [6, 6.07) is 37.8. The van der Waals surface area contributed by atoms with E-state index in [9.17, 15) is 0 Å². The molecule has 0 saturated carbocycles. The Morgan fingerprint density at radius 1 is 0.545 bits per heavy atom. The van der Waals surface area contributed by atoms with E-state index in [2.05, 4.69) is 125 Å². The molecule has 0 aliphatic heterocycles. The number of benzene rings is 4. The van der Waals surface area contributed by atoms with Crippen LogP contribution in [0.15, 0.2) is 131 Å². The predicted octanol–water partition coefficient (Wildman–Crippen LogP) is 7.25. The van der Waals surface area contributed by atoms with Gasteiger partial charge in [0, 0.05) is 44.0 Å². The molecule has 0 radical (unpaired) electrons. The van der Waals surface area contributed by atoms with Crippen LogP contribution in [0.2, 0.25) is 0 Å². The minimum Gasteiger partial charge on any atom is -0.412 e.